The third-order valence-electron chi connectivity index (χ3n) is 3.61. The number of hydrogen-bond donors (Lipinski definition) is 3. The van der Waals surface area contributed by atoms with Gasteiger partial charge >= 0.3 is 0 Å². The van der Waals surface area contributed by atoms with Crippen molar-refractivity contribution in [3.63, 3.8) is 0 Å². The molecule has 1 fully saturated rings. The van der Waals surface area contributed by atoms with Gasteiger partial charge in [-0.3, -0.25) is 9.59 Å². The summed E-state index contributed by atoms with van der Waals surface area (Å²) in [6.45, 7) is -1.16. The molecule has 2 aromatic heterocycles. The zero-order chi connectivity index (χ0) is 22.3. The number of hydrogen-bond acceptors (Lipinski definition) is 9. The van der Waals surface area contributed by atoms with E-state index in [0.717, 1.165) is 30.4 Å². The molecule has 3 rings (SSSR count). The Labute approximate surface area is 163 Å². The quantitative estimate of drug-likeness (QED) is 0.639. The molecule has 0 unspecified atom stereocenters. The van der Waals surface area contributed by atoms with Crippen molar-refractivity contribution >= 4 is 50.3 Å². The molecule has 27 heavy (non-hydrogen) atoms. The average Bonchev–Trinajstić information content (AvgIpc) is 3.36. The fourth-order valence-electron chi connectivity index (χ4n) is 2.22. The number of aromatic nitrogens is 3. The van der Waals surface area contributed by atoms with Crippen LogP contribution < -0.4 is 16.0 Å². The maximum atomic E-state index is 12.4. The summed E-state index contributed by atoms with van der Waals surface area (Å²) in [7, 11) is -3.63. The largest absolute Gasteiger partial charge is 0.354 e. The van der Waals surface area contributed by atoms with Gasteiger partial charge in [-0.1, -0.05) is 0 Å². The molecule has 144 valence electrons. The lowest BCUT2D eigenvalue weighted by Crippen LogP contribution is -2.22. The monoisotopic (exact) mass is 413 g/mol. The zero-order valence-electron chi connectivity index (χ0n) is 17.4. The van der Waals surface area contributed by atoms with Crippen molar-refractivity contribution in [2.24, 2.45) is 5.92 Å². The van der Waals surface area contributed by atoms with E-state index in [1.54, 1.807) is 12.2 Å². The second kappa shape index (κ2) is 7.19. The molecule has 1 aliphatic carbocycles. The highest BCUT2D eigenvalue weighted by Gasteiger charge is 2.30. The Morgan fingerprint density at radius 3 is 2.70 bits per heavy atom. The second-order valence-electron chi connectivity index (χ2n) is 5.98. The standard InChI is InChI=1S/C15H18N6O4S2/c1-7-17-12(15(26-7)27(3,24)25)18-9-6-10(19-13(22)8-4-5-8)20-21-11(9)14(23)16-2/h6,8H,4-5H2,1-3H3,(H,16,23)(H2,18,19,20,22)/i2D3. The lowest BCUT2D eigenvalue weighted by Gasteiger charge is -2.11. The van der Waals surface area contributed by atoms with Gasteiger partial charge < -0.3 is 16.0 Å². The molecule has 1 saturated carbocycles. The van der Waals surface area contributed by atoms with Crippen LogP contribution in [0.2, 0.25) is 0 Å². The lowest BCUT2D eigenvalue weighted by molar-refractivity contribution is -0.117. The van der Waals surface area contributed by atoms with E-state index in [2.05, 4.69) is 25.8 Å². The number of amides is 2. The SMILES string of the molecule is [2H]C([2H])([2H])NC(=O)c1nnc(NC(=O)C2CC2)cc1Nc1nc(C)sc1S(C)(=O)=O. The van der Waals surface area contributed by atoms with E-state index in [1.165, 1.54) is 6.07 Å². The van der Waals surface area contributed by atoms with Crippen molar-refractivity contribution in [2.45, 2.75) is 24.0 Å². The van der Waals surface area contributed by atoms with E-state index >= 15 is 0 Å². The highest BCUT2D eigenvalue weighted by molar-refractivity contribution is 7.93. The number of thiazole rings is 1. The van der Waals surface area contributed by atoms with Crippen molar-refractivity contribution < 1.29 is 22.1 Å². The molecule has 2 aromatic rings. The summed E-state index contributed by atoms with van der Waals surface area (Å²) in [4.78, 5) is 28.5. The second-order valence-corrected chi connectivity index (χ2v) is 9.39. The summed E-state index contributed by atoms with van der Waals surface area (Å²) in [5, 5.41) is 15.0. The Bertz CT molecular complexity index is 1110. The molecule has 10 nitrogen and oxygen atoms in total. The Hall–Kier alpha value is -2.60. The molecule has 0 atom stereocenters. The maximum Gasteiger partial charge on any atom is 0.273 e. The van der Waals surface area contributed by atoms with Crippen molar-refractivity contribution in [2.75, 3.05) is 23.9 Å². The van der Waals surface area contributed by atoms with Gasteiger partial charge in [0.05, 0.1) is 10.7 Å². The predicted octanol–water partition coefficient (Wildman–Crippen LogP) is 1.10. The molecule has 0 aliphatic heterocycles. The van der Waals surface area contributed by atoms with Crippen LogP contribution in [0.3, 0.4) is 0 Å². The number of carbonyl (C=O) groups excluding carboxylic acids is 2. The van der Waals surface area contributed by atoms with Gasteiger partial charge in [0.1, 0.15) is 0 Å². The van der Waals surface area contributed by atoms with Crippen molar-refractivity contribution in [3.8, 4) is 0 Å². The number of anilines is 3. The van der Waals surface area contributed by atoms with Crippen LogP contribution in [-0.2, 0) is 14.6 Å². The first-order chi connectivity index (χ1) is 13.8. The van der Waals surface area contributed by atoms with E-state index < -0.39 is 28.4 Å². The molecule has 1 aliphatic rings. The van der Waals surface area contributed by atoms with Crippen molar-refractivity contribution in [3.05, 3.63) is 16.8 Å². The number of nitrogens with one attached hydrogen (secondary N) is 3. The minimum atomic E-state index is -3.63. The van der Waals surface area contributed by atoms with Crippen LogP contribution in [0.4, 0.5) is 17.3 Å². The minimum absolute atomic E-state index is 0.0210. The third-order valence-corrected chi connectivity index (χ3v) is 6.41. The zero-order valence-corrected chi connectivity index (χ0v) is 16.0. The van der Waals surface area contributed by atoms with Crippen LogP contribution >= 0.6 is 11.3 Å². The normalized spacial score (nSPS) is 16.0. The third kappa shape index (κ3) is 4.39. The first kappa shape index (κ1) is 15.5. The molecule has 0 bridgehead atoms. The Morgan fingerprint density at radius 1 is 1.33 bits per heavy atom. The lowest BCUT2D eigenvalue weighted by atomic mass is 10.3. The summed E-state index contributed by atoms with van der Waals surface area (Å²) >= 11 is 0.934. The molecule has 0 saturated heterocycles. The molecule has 3 N–H and O–H groups in total. The van der Waals surface area contributed by atoms with Gasteiger partial charge in [-0.25, -0.2) is 13.4 Å². The van der Waals surface area contributed by atoms with Gasteiger partial charge in [0.15, 0.2) is 31.4 Å². The molecule has 0 aromatic carbocycles. The van der Waals surface area contributed by atoms with Gasteiger partial charge in [0.2, 0.25) is 5.91 Å². The average molecular weight is 413 g/mol. The van der Waals surface area contributed by atoms with Crippen molar-refractivity contribution in [1.29, 1.82) is 0 Å². The molecule has 12 heteroatoms. The van der Waals surface area contributed by atoms with Crippen LogP contribution in [0.15, 0.2) is 10.3 Å². The van der Waals surface area contributed by atoms with Gasteiger partial charge in [-0.2, -0.15) is 0 Å². The summed E-state index contributed by atoms with van der Waals surface area (Å²) in [6, 6.07) is 1.27. The smallest absolute Gasteiger partial charge is 0.273 e. The highest BCUT2D eigenvalue weighted by atomic mass is 32.2. The van der Waals surface area contributed by atoms with E-state index in [-0.39, 0.29) is 33.4 Å². The van der Waals surface area contributed by atoms with E-state index in [1.807, 2.05) is 0 Å². The van der Waals surface area contributed by atoms with E-state index in [4.69, 9.17) is 4.11 Å². The predicted molar refractivity (Wildman–Crippen MR) is 100 cm³/mol. The van der Waals surface area contributed by atoms with Crippen LogP contribution in [-0.4, -0.2) is 48.6 Å². The van der Waals surface area contributed by atoms with E-state index in [0.29, 0.717) is 5.01 Å². The first-order valence-corrected chi connectivity index (χ1v) is 10.5. The Balaban J connectivity index is 2.00. The molecule has 2 amide bonds. The number of carbonyl (C=O) groups is 2. The van der Waals surface area contributed by atoms with Gasteiger partial charge in [0.25, 0.3) is 5.91 Å². The first-order valence-electron chi connectivity index (χ1n) is 9.29. The fourth-order valence-corrected chi connectivity index (χ4v) is 4.23. The van der Waals surface area contributed by atoms with Crippen LogP contribution in [0.25, 0.3) is 0 Å². The maximum absolute atomic E-state index is 12.4. The van der Waals surface area contributed by atoms with Gasteiger partial charge in [-0.05, 0) is 19.8 Å². The van der Waals surface area contributed by atoms with Crippen LogP contribution in [0, 0.1) is 12.8 Å². The molecule has 0 radical (unpaired) electrons. The van der Waals surface area contributed by atoms with Crippen molar-refractivity contribution in [1.82, 2.24) is 20.5 Å². The van der Waals surface area contributed by atoms with Crippen LogP contribution in [0.1, 0.15) is 32.5 Å². The summed E-state index contributed by atoms with van der Waals surface area (Å²) in [5.74, 6) is -1.45. The van der Waals surface area contributed by atoms with Gasteiger partial charge in [-0.15, -0.1) is 21.5 Å². The fraction of sp³-hybridized carbons (Fsp3) is 0.400. The van der Waals surface area contributed by atoms with Crippen LogP contribution in [0.5, 0.6) is 0 Å². The van der Waals surface area contributed by atoms with E-state index in [9.17, 15) is 18.0 Å². The highest BCUT2D eigenvalue weighted by Crippen LogP contribution is 2.32. The number of aryl methyl sites for hydroxylation is 1. The minimum Gasteiger partial charge on any atom is -0.354 e. The number of nitrogens with zero attached hydrogens (tertiary/aromatic N) is 3. The summed E-state index contributed by atoms with van der Waals surface area (Å²) in [6.07, 6.45) is 2.54. The Kier molecular flexibility index (Phi) is 4.12. The Morgan fingerprint density at radius 2 is 2.07 bits per heavy atom. The number of sulfone groups is 1. The number of rotatable bonds is 6. The summed E-state index contributed by atoms with van der Waals surface area (Å²) in [5.41, 5.74) is -0.464. The summed E-state index contributed by atoms with van der Waals surface area (Å²) < 4.78 is 45.6. The molecular formula is C15H18N6O4S2. The molecule has 2 heterocycles. The molecule has 0 spiro atoms. The molecular weight excluding hydrogens is 392 g/mol. The van der Waals surface area contributed by atoms with Gasteiger partial charge in [0, 0.05) is 29.3 Å². The topological polar surface area (TPSA) is 143 Å².